The molecule has 2 aliphatic rings. The molecule has 0 spiro atoms. The van der Waals surface area contributed by atoms with Crippen LogP contribution in [0.2, 0.25) is 0 Å². The summed E-state index contributed by atoms with van der Waals surface area (Å²) in [6.45, 7) is 2.39. The molecule has 0 nitrogen and oxygen atoms in total. The smallest absolute Gasteiger partial charge is 0.0197 e. The van der Waals surface area contributed by atoms with E-state index in [9.17, 15) is 0 Å². The van der Waals surface area contributed by atoms with Crippen molar-refractivity contribution in [2.45, 2.75) is 51.9 Å². The van der Waals surface area contributed by atoms with Crippen molar-refractivity contribution >= 4 is 0 Å². The van der Waals surface area contributed by atoms with Crippen LogP contribution in [0, 0.1) is 11.8 Å². The highest BCUT2D eigenvalue weighted by atomic mass is 14.3. The molecule has 1 fully saturated rings. The molecular weight excluding hydrogens is 168 g/mol. The fourth-order valence-electron chi connectivity index (χ4n) is 2.90. The summed E-state index contributed by atoms with van der Waals surface area (Å²) < 4.78 is 0. The maximum atomic E-state index is 2.41. The lowest BCUT2D eigenvalue weighted by Gasteiger charge is -2.14. The van der Waals surface area contributed by atoms with Crippen LogP contribution in [0.15, 0.2) is 23.8 Å². The molecule has 0 amide bonds. The van der Waals surface area contributed by atoms with Gasteiger partial charge < -0.3 is 0 Å². The molecule has 0 saturated heterocycles. The van der Waals surface area contributed by atoms with E-state index in [4.69, 9.17) is 0 Å². The molecule has 2 atom stereocenters. The number of hydrogen-bond donors (Lipinski definition) is 0. The van der Waals surface area contributed by atoms with Gasteiger partial charge in [-0.25, -0.2) is 0 Å². The summed E-state index contributed by atoms with van der Waals surface area (Å²) in [6.07, 6.45) is 16.9. The van der Waals surface area contributed by atoms with Crippen LogP contribution in [0.25, 0.3) is 0 Å². The zero-order valence-electron chi connectivity index (χ0n) is 9.34. The van der Waals surface area contributed by atoms with E-state index in [1.807, 2.05) is 0 Å². The maximum Gasteiger partial charge on any atom is -0.0197 e. The third kappa shape index (κ3) is 2.29. The average molecular weight is 190 g/mol. The summed E-state index contributed by atoms with van der Waals surface area (Å²) >= 11 is 0. The maximum absolute atomic E-state index is 2.41. The normalized spacial score (nSPS) is 35.9. The van der Waals surface area contributed by atoms with Gasteiger partial charge >= 0.3 is 0 Å². The highest BCUT2D eigenvalue weighted by molar-refractivity contribution is 5.21. The van der Waals surface area contributed by atoms with Crippen molar-refractivity contribution in [3.63, 3.8) is 0 Å². The van der Waals surface area contributed by atoms with Gasteiger partial charge in [0.05, 0.1) is 0 Å². The first-order valence-electron chi connectivity index (χ1n) is 6.24. The summed E-state index contributed by atoms with van der Waals surface area (Å²) in [4.78, 5) is 0. The molecule has 0 radical (unpaired) electrons. The first-order chi connectivity index (χ1) is 6.88. The average Bonchev–Trinajstić information content (AvgIpc) is 2.55. The van der Waals surface area contributed by atoms with E-state index in [0.29, 0.717) is 0 Å². The van der Waals surface area contributed by atoms with Gasteiger partial charge in [-0.1, -0.05) is 43.6 Å². The van der Waals surface area contributed by atoms with Crippen LogP contribution in [0.5, 0.6) is 0 Å². The lowest BCUT2D eigenvalue weighted by Crippen LogP contribution is -2.00. The van der Waals surface area contributed by atoms with Gasteiger partial charge in [-0.3, -0.25) is 0 Å². The van der Waals surface area contributed by atoms with E-state index in [1.165, 1.54) is 44.9 Å². The quantitative estimate of drug-likeness (QED) is 0.528. The number of rotatable bonds is 0. The second-order valence-electron chi connectivity index (χ2n) is 4.91. The molecule has 2 unspecified atom stereocenters. The van der Waals surface area contributed by atoms with E-state index < -0.39 is 0 Å². The minimum Gasteiger partial charge on any atom is -0.0845 e. The molecule has 0 aliphatic heterocycles. The second kappa shape index (κ2) is 4.82. The zero-order chi connectivity index (χ0) is 9.80. The first kappa shape index (κ1) is 10.0. The van der Waals surface area contributed by atoms with Crippen molar-refractivity contribution in [2.75, 3.05) is 0 Å². The molecule has 2 rings (SSSR count). The Bertz CT molecular complexity index is 234. The van der Waals surface area contributed by atoms with Crippen LogP contribution >= 0.6 is 0 Å². The lowest BCUT2D eigenvalue weighted by atomic mass is 9.91. The third-order valence-electron chi connectivity index (χ3n) is 3.84. The molecule has 0 heteroatoms. The fourth-order valence-corrected chi connectivity index (χ4v) is 2.90. The van der Waals surface area contributed by atoms with E-state index in [0.717, 1.165) is 11.8 Å². The number of fused-ring (bicyclic) bond motifs is 1. The van der Waals surface area contributed by atoms with Gasteiger partial charge in [-0.2, -0.15) is 0 Å². The molecule has 1 saturated carbocycles. The highest BCUT2D eigenvalue weighted by Gasteiger charge is 2.26. The van der Waals surface area contributed by atoms with Gasteiger partial charge in [0.15, 0.2) is 0 Å². The molecular formula is C14H22. The molecule has 0 aromatic rings. The van der Waals surface area contributed by atoms with Gasteiger partial charge in [0.1, 0.15) is 0 Å². The van der Waals surface area contributed by atoms with Crippen molar-refractivity contribution in [3.8, 4) is 0 Å². The van der Waals surface area contributed by atoms with Crippen LogP contribution in [0.1, 0.15) is 51.9 Å². The molecule has 78 valence electrons. The van der Waals surface area contributed by atoms with Crippen LogP contribution in [-0.2, 0) is 0 Å². The van der Waals surface area contributed by atoms with Crippen LogP contribution in [0.3, 0.4) is 0 Å². The van der Waals surface area contributed by atoms with E-state index in [1.54, 1.807) is 5.57 Å². The molecule has 0 bridgehead atoms. The summed E-state index contributed by atoms with van der Waals surface area (Å²) in [5, 5.41) is 0. The Balaban J connectivity index is 2.10. The van der Waals surface area contributed by atoms with Gasteiger partial charge in [0, 0.05) is 0 Å². The molecule has 0 heterocycles. The van der Waals surface area contributed by atoms with E-state index in [-0.39, 0.29) is 0 Å². The number of hydrogen-bond acceptors (Lipinski definition) is 0. The minimum absolute atomic E-state index is 0.851. The van der Waals surface area contributed by atoms with E-state index in [2.05, 4.69) is 25.2 Å². The predicted molar refractivity (Wildman–Crippen MR) is 62.2 cm³/mol. The van der Waals surface area contributed by atoms with E-state index >= 15 is 0 Å². The summed E-state index contributed by atoms with van der Waals surface area (Å²) in [7, 11) is 0. The second-order valence-corrected chi connectivity index (χ2v) is 4.91. The molecule has 0 aromatic carbocycles. The van der Waals surface area contributed by atoms with Crippen LogP contribution in [0.4, 0.5) is 0 Å². The Labute approximate surface area is 88.1 Å². The monoisotopic (exact) mass is 190 g/mol. The van der Waals surface area contributed by atoms with Crippen molar-refractivity contribution in [1.82, 2.24) is 0 Å². The summed E-state index contributed by atoms with van der Waals surface area (Å²) in [5.41, 5.74) is 1.74. The Morgan fingerprint density at radius 3 is 2.93 bits per heavy atom. The minimum atomic E-state index is 0.851. The van der Waals surface area contributed by atoms with Crippen LogP contribution < -0.4 is 0 Å². The Kier molecular flexibility index (Phi) is 3.44. The topological polar surface area (TPSA) is 0 Å². The van der Waals surface area contributed by atoms with Gasteiger partial charge in [-0.05, 0) is 43.9 Å². The van der Waals surface area contributed by atoms with Crippen molar-refractivity contribution < 1.29 is 0 Å². The fraction of sp³-hybridized carbons (Fsp3) is 0.714. The summed E-state index contributed by atoms with van der Waals surface area (Å²) in [6, 6.07) is 0. The Morgan fingerprint density at radius 1 is 1.07 bits per heavy atom. The molecule has 0 N–H and O–H groups in total. The van der Waals surface area contributed by atoms with Gasteiger partial charge in [0.25, 0.3) is 0 Å². The molecule has 0 aromatic heterocycles. The van der Waals surface area contributed by atoms with Gasteiger partial charge in [-0.15, -0.1) is 0 Å². The van der Waals surface area contributed by atoms with Crippen molar-refractivity contribution in [3.05, 3.63) is 23.8 Å². The standard InChI is InChI=1S/C14H22/c1-12-10-11-13-8-6-4-2-3-5-7-9-14(12)13/h5,7,9,12-13H,2-4,6,8,10-11H2,1H3/b7-5+,14-9?. The van der Waals surface area contributed by atoms with Gasteiger partial charge in [0.2, 0.25) is 0 Å². The zero-order valence-corrected chi connectivity index (χ0v) is 9.34. The Hall–Kier alpha value is -0.520. The highest BCUT2D eigenvalue weighted by Crippen LogP contribution is 2.39. The van der Waals surface area contributed by atoms with Crippen molar-refractivity contribution in [1.29, 1.82) is 0 Å². The number of allylic oxidation sites excluding steroid dienone is 4. The molecule has 2 aliphatic carbocycles. The predicted octanol–water partition coefficient (Wildman–Crippen LogP) is 4.48. The van der Waals surface area contributed by atoms with Crippen LogP contribution in [-0.4, -0.2) is 0 Å². The van der Waals surface area contributed by atoms with Crippen molar-refractivity contribution in [2.24, 2.45) is 11.8 Å². The first-order valence-corrected chi connectivity index (χ1v) is 6.24. The lowest BCUT2D eigenvalue weighted by molar-refractivity contribution is 0.520. The summed E-state index contributed by atoms with van der Waals surface area (Å²) in [5.74, 6) is 1.77. The molecule has 14 heavy (non-hydrogen) atoms. The third-order valence-corrected chi connectivity index (χ3v) is 3.84. The Morgan fingerprint density at radius 2 is 2.00 bits per heavy atom. The SMILES string of the molecule is CC1CCC2CCCCC/C=C/C=C12. The largest absolute Gasteiger partial charge is 0.0845 e.